The highest BCUT2D eigenvalue weighted by molar-refractivity contribution is 6.12. The lowest BCUT2D eigenvalue weighted by atomic mass is 10.1. The fourth-order valence-electron chi connectivity index (χ4n) is 3.97. The summed E-state index contributed by atoms with van der Waals surface area (Å²) in [5.41, 5.74) is 2.39. The first kappa shape index (κ1) is 30.3. The molecule has 0 bridgehead atoms. The van der Waals surface area contributed by atoms with E-state index in [2.05, 4.69) is 16.0 Å². The Kier molecular flexibility index (Phi) is 10.5. The summed E-state index contributed by atoms with van der Waals surface area (Å²) in [7, 11) is 1.24. The Morgan fingerprint density at radius 2 is 1.30 bits per heavy atom. The van der Waals surface area contributed by atoms with Crippen molar-refractivity contribution in [2.24, 2.45) is 0 Å². The van der Waals surface area contributed by atoms with E-state index in [0.29, 0.717) is 5.75 Å². The Morgan fingerprint density at radius 3 is 1.98 bits per heavy atom. The van der Waals surface area contributed by atoms with Gasteiger partial charge in [-0.25, -0.2) is 9.59 Å². The smallest absolute Gasteiger partial charge is 0.408 e. The molecule has 0 fully saturated rings. The molecule has 0 aliphatic heterocycles. The second kappa shape index (κ2) is 14.8. The highest BCUT2D eigenvalue weighted by atomic mass is 16.5. The molecular weight excluding hydrogens is 550 g/mol. The average molecular weight is 582 g/mol. The zero-order valence-electron chi connectivity index (χ0n) is 23.7. The van der Waals surface area contributed by atoms with Gasteiger partial charge in [0, 0.05) is 0 Å². The molecule has 10 heteroatoms. The van der Waals surface area contributed by atoms with Crippen LogP contribution in [0, 0.1) is 0 Å². The highest BCUT2D eigenvalue weighted by Gasteiger charge is 2.21. The number of alkyl carbamates (subject to hydrolysis) is 1. The van der Waals surface area contributed by atoms with Gasteiger partial charge in [-0.3, -0.25) is 9.59 Å². The van der Waals surface area contributed by atoms with Crippen LogP contribution in [0.4, 0.5) is 16.2 Å². The maximum Gasteiger partial charge on any atom is 0.408 e. The number of rotatable bonds is 11. The van der Waals surface area contributed by atoms with Crippen LogP contribution in [0.5, 0.6) is 5.75 Å². The van der Waals surface area contributed by atoms with Gasteiger partial charge in [-0.05, 0) is 48.4 Å². The molecule has 0 aromatic heterocycles. The fourth-order valence-corrected chi connectivity index (χ4v) is 3.97. The molecule has 43 heavy (non-hydrogen) atoms. The quantitative estimate of drug-likeness (QED) is 0.198. The van der Waals surface area contributed by atoms with Gasteiger partial charge in [0.1, 0.15) is 25.0 Å². The molecule has 1 atom stereocenters. The van der Waals surface area contributed by atoms with Crippen LogP contribution >= 0.6 is 0 Å². The molecule has 10 nitrogen and oxygen atoms in total. The summed E-state index contributed by atoms with van der Waals surface area (Å²) in [5, 5.41) is 7.85. The van der Waals surface area contributed by atoms with E-state index in [9.17, 15) is 19.2 Å². The molecule has 4 rings (SSSR count). The number of carbonyl (C=O) groups is 4. The van der Waals surface area contributed by atoms with Crippen LogP contribution < -0.4 is 20.7 Å². The van der Waals surface area contributed by atoms with Crippen LogP contribution in [0.1, 0.15) is 38.8 Å². The zero-order chi connectivity index (χ0) is 30.6. The van der Waals surface area contributed by atoms with E-state index < -0.39 is 29.9 Å². The summed E-state index contributed by atoms with van der Waals surface area (Å²) in [4.78, 5) is 50.9. The van der Waals surface area contributed by atoms with Crippen LogP contribution in [0.2, 0.25) is 0 Å². The normalized spacial score (nSPS) is 11.0. The summed E-state index contributed by atoms with van der Waals surface area (Å²) in [6, 6.07) is 28.7. The Morgan fingerprint density at radius 1 is 0.698 bits per heavy atom. The van der Waals surface area contributed by atoms with Crippen molar-refractivity contribution in [1.29, 1.82) is 0 Å². The zero-order valence-corrected chi connectivity index (χ0v) is 23.7. The van der Waals surface area contributed by atoms with Gasteiger partial charge in [0.2, 0.25) is 5.91 Å². The Bertz CT molecular complexity index is 1580. The predicted molar refractivity (Wildman–Crippen MR) is 161 cm³/mol. The third kappa shape index (κ3) is 8.67. The number of methoxy groups -OCH3 is 1. The lowest BCUT2D eigenvalue weighted by molar-refractivity contribution is -0.117. The monoisotopic (exact) mass is 581 g/mol. The molecule has 0 unspecified atom stereocenters. The van der Waals surface area contributed by atoms with Crippen molar-refractivity contribution in [2.75, 3.05) is 17.7 Å². The first-order valence-corrected chi connectivity index (χ1v) is 13.4. The maximum absolute atomic E-state index is 13.3. The summed E-state index contributed by atoms with van der Waals surface area (Å²) >= 11 is 0. The van der Waals surface area contributed by atoms with Crippen molar-refractivity contribution in [2.45, 2.75) is 26.2 Å². The van der Waals surface area contributed by atoms with Crippen LogP contribution in [0.15, 0.2) is 103 Å². The summed E-state index contributed by atoms with van der Waals surface area (Å²) < 4.78 is 15.9. The molecule has 0 heterocycles. The number of ether oxygens (including phenoxy) is 3. The second-order valence-corrected chi connectivity index (χ2v) is 9.39. The van der Waals surface area contributed by atoms with Crippen LogP contribution in [-0.2, 0) is 27.5 Å². The Hall–Kier alpha value is -5.64. The average Bonchev–Trinajstić information content (AvgIpc) is 3.04. The van der Waals surface area contributed by atoms with Crippen molar-refractivity contribution < 1.29 is 33.4 Å². The number of benzene rings is 4. The largest absolute Gasteiger partial charge is 0.489 e. The van der Waals surface area contributed by atoms with Gasteiger partial charge in [0.25, 0.3) is 5.91 Å². The SMILES string of the molecule is COC(=O)c1cc(OCc2ccccc2)ccc1NC(=O)c1ccccc1NC(=O)[C@H](C)NC(=O)OCc1ccccc1. The minimum absolute atomic E-state index is 0.0533. The van der Waals surface area contributed by atoms with Gasteiger partial charge in [-0.2, -0.15) is 0 Å². The molecule has 0 spiro atoms. The van der Waals surface area contributed by atoms with Gasteiger partial charge >= 0.3 is 12.1 Å². The van der Waals surface area contributed by atoms with Gasteiger partial charge in [-0.15, -0.1) is 0 Å². The molecule has 0 saturated carbocycles. The van der Waals surface area contributed by atoms with Gasteiger partial charge < -0.3 is 30.2 Å². The highest BCUT2D eigenvalue weighted by Crippen LogP contribution is 2.26. The minimum Gasteiger partial charge on any atom is -0.489 e. The van der Waals surface area contributed by atoms with Crippen molar-refractivity contribution >= 4 is 35.3 Å². The summed E-state index contributed by atoms with van der Waals surface area (Å²) in [5.74, 6) is -1.39. The molecule has 0 saturated heterocycles. The summed E-state index contributed by atoms with van der Waals surface area (Å²) in [6.07, 6.45) is -0.760. The van der Waals surface area contributed by atoms with Crippen LogP contribution in [-0.4, -0.2) is 37.0 Å². The second-order valence-electron chi connectivity index (χ2n) is 9.39. The van der Waals surface area contributed by atoms with E-state index in [1.165, 1.54) is 26.2 Å². The number of anilines is 2. The van der Waals surface area contributed by atoms with Crippen molar-refractivity contribution in [3.05, 3.63) is 125 Å². The van der Waals surface area contributed by atoms with Crippen molar-refractivity contribution in [3.63, 3.8) is 0 Å². The topological polar surface area (TPSA) is 132 Å². The first-order chi connectivity index (χ1) is 20.8. The van der Waals surface area contributed by atoms with Gasteiger partial charge in [0.05, 0.1) is 29.6 Å². The molecule has 0 radical (unpaired) electrons. The van der Waals surface area contributed by atoms with E-state index in [1.54, 1.807) is 30.3 Å². The summed E-state index contributed by atoms with van der Waals surface area (Å²) in [6.45, 7) is 1.84. The van der Waals surface area contributed by atoms with Crippen LogP contribution in [0.25, 0.3) is 0 Å². The third-order valence-corrected chi connectivity index (χ3v) is 6.26. The van der Waals surface area contributed by atoms with Gasteiger partial charge in [0.15, 0.2) is 0 Å². The van der Waals surface area contributed by atoms with Gasteiger partial charge in [-0.1, -0.05) is 72.8 Å². The predicted octanol–water partition coefficient (Wildman–Crippen LogP) is 5.56. The number of nitrogens with one attached hydrogen (secondary N) is 3. The molecular formula is C33H31N3O7. The maximum atomic E-state index is 13.3. The third-order valence-electron chi connectivity index (χ3n) is 6.26. The molecule has 4 aromatic rings. The molecule has 0 aliphatic carbocycles. The van der Waals surface area contributed by atoms with Crippen molar-refractivity contribution in [1.82, 2.24) is 5.32 Å². The minimum atomic E-state index is -0.964. The standard InChI is InChI=1S/C33H31N3O7/c1-22(34-33(40)43-21-24-13-7-4-8-14-24)30(37)35-28-16-10-9-15-26(28)31(38)36-29-18-17-25(19-27(29)32(39)41-2)42-20-23-11-5-3-6-12-23/h3-19,22H,20-21H2,1-2H3,(H,34,40)(H,35,37)(H,36,38)/t22-/m0/s1. The van der Waals surface area contributed by atoms with E-state index in [0.717, 1.165) is 11.1 Å². The van der Waals surface area contributed by atoms with Crippen LogP contribution in [0.3, 0.4) is 0 Å². The Labute approximate surface area is 249 Å². The Balaban J connectivity index is 1.41. The molecule has 220 valence electrons. The molecule has 3 amide bonds. The number of esters is 1. The van der Waals surface area contributed by atoms with Crippen molar-refractivity contribution in [3.8, 4) is 5.75 Å². The lowest BCUT2D eigenvalue weighted by Crippen LogP contribution is -2.42. The van der Waals surface area contributed by atoms with E-state index >= 15 is 0 Å². The number of hydrogen-bond donors (Lipinski definition) is 3. The molecule has 3 N–H and O–H groups in total. The number of hydrogen-bond acceptors (Lipinski definition) is 7. The van der Waals surface area contributed by atoms with E-state index in [4.69, 9.17) is 14.2 Å². The number of amides is 3. The fraction of sp³-hybridized carbons (Fsp3) is 0.152. The number of para-hydroxylation sites is 1. The molecule has 4 aromatic carbocycles. The number of carbonyl (C=O) groups excluding carboxylic acids is 4. The van der Waals surface area contributed by atoms with E-state index in [1.807, 2.05) is 60.7 Å². The lowest BCUT2D eigenvalue weighted by Gasteiger charge is -2.17. The first-order valence-electron chi connectivity index (χ1n) is 13.4. The van der Waals surface area contributed by atoms with E-state index in [-0.39, 0.29) is 35.7 Å². The molecule has 0 aliphatic rings.